The van der Waals surface area contributed by atoms with Crippen LogP contribution in [-0.4, -0.2) is 49.3 Å². The Labute approximate surface area is 232 Å². The molecule has 0 aromatic carbocycles. The first-order valence-corrected chi connectivity index (χ1v) is 14.5. The van der Waals surface area contributed by atoms with Crippen LogP contribution >= 0.6 is 0 Å². The van der Waals surface area contributed by atoms with Crippen LogP contribution in [0.15, 0.2) is 0 Å². The van der Waals surface area contributed by atoms with Crippen molar-refractivity contribution in [3.63, 3.8) is 0 Å². The number of ether oxygens (including phenoxy) is 2. The molecule has 238 valence electrons. The molecule has 0 amide bonds. The molecule has 0 radical (unpaired) electrons. The fraction of sp³-hybridized carbons (Fsp3) is 0.929. The summed E-state index contributed by atoms with van der Waals surface area (Å²) in [5.41, 5.74) is 0. The number of rotatable bonds is 26. The van der Waals surface area contributed by atoms with Crippen molar-refractivity contribution >= 4 is 11.9 Å². The molecule has 0 fully saturated rings. The number of alkyl halides is 8. The van der Waals surface area contributed by atoms with Crippen LogP contribution < -0.4 is 0 Å². The van der Waals surface area contributed by atoms with Crippen LogP contribution in [0, 0.1) is 0 Å². The van der Waals surface area contributed by atoms with Gasteiger partial charge in [-0.3, -0.25) is 9.59 Å². The molecule has 0 aromatic rings. The molecule has 4 nitrogen and oxygen atoms in total. The van der Waals surface area contributed by atoms with Crippen LogP contribution in [0.4, 0.5) is 35.1 Å². The van der Waals surface area contributed by atoms with E-state index in [9.17, 15) is 44.7 Å². The summed E-state index contributed by atoms with van der Waals surface area (Å²) < 4.78 is 112. The number of hydrogen-bond donors (Lipinski definition) is 0. The highest BCUT2D eigenvalue weighted by Crippen LogP contribution is 2.48. The fourth-order valence-electron chi connectivity index (χ4n) is 3.99. The normalized spacial score (nSPS) is 12.7. The Morgan fingerprint density at radius 3 is 1.35 bits per heavy atom. The highest BCUT2D eigenvalue weighted by atomic mass is 19.4. The average Bonchev–Trinajstić information content (AvgIpc) is 2.89. The van der Waals surface area contributed by atoms with Gasteiger partial charge < -0.3 is 9.47 Å². The molecule has 0 N–H and O–H groups in total. The summed E-state index contributed by atoms with van der Waals surface area (Å²) in [5, 5.41) is 0. The number of unbranched alkanes of at least 4 members (excludes halogenated alkanes) is 15. The lowest BCUT2D eigenvalue weighted by Gasteiger charge is -2.31. The average molecular weight is 599 g/mol. The van der Waals surface area contributed by atoms with E-state index in [1.54, 1.807) is 0 Å². The molecule has 0 aromatic heterocycles. The zero-order chi connectivity index (χ0) is 30.5. The lowest BCUT2D eigenvalue weighted by Crippen LogP contribution is -2.59. The second kappa shape index (κ2) is 21.1. The topological polar surface area (TPSA) is 52.6 Å². The van der Waals surface area contributed by atoms with Crippen LogP contribution in [0.1, 0.15) is 129 Å². The Hall–Kier alpha value is -1.62. The lowest BCUT2D eigenvalue weighted by atomic mass is 10.0. The predicted molar refractivity (Wildman–Crippen MR) is 136 cm³/mol. The van der Waals surface area contributed by atoms with E-state index in [1.165, 1.54) is 70.6 Å². The first-order chi connectivity index (χ1) is 18.8. The standard InChI is InChI=1S/C28H46F8O4/c1-2-3-4-5-6-7-8-9-10-11-12-13-14-15-18-21-39-23(37)19-16-17-20-24(38)40-22-26(31,32)28(35,36)27(33,34)25(29)30/h25H,2-22H2,1H3. The third kappa shape index (κ3) is 16.0. The zero-order valence-corrected chi connectivity index (χ0v) is 23.6. The van der Waals surface area contributed by atoms with Crippen molar-refractivity contribution in [3.05, 3.63) is 0 Å². The minimum absolute atomic E-state index is 0.0396. The predicted octanol–water partition coefficient (Wildman–Crippen LogP) is 9.68. The van der Waals surface area contributed by atoms with Crippen LogP contribution in [-0.2, 0) is 19.1 Å². The Kier molecular flexibility index (Phi) is 20.3. The minimum atomic E-state index is -6.43. The van der Waals surface area contributed by atoms with Gasteiger partial charge in [-0.15, -0.1) is 0 Å². The molecule has 0 heterocycles. The number of hydrogen-bond acceptors (Lipinski definition) is 4. The summed E-state index contributed by atoms with van der Waals surface area (Å²) >= 11 is 0. The van der Waals surface area contributed by atoms with Crippen molar-refractivity contribution in [1.29, 1.82) is 0 Å². The summed E-state index contributed by atoms with van der Waals surface area (Å²) in [6.07, 6.45) is 12.6. The summed E-state index contributed by atoms with van der Waals surface area (Å²) in [7, 11) is 0. The molecule has 0 unspecified atom stereocenters. The van der Waals surface area contributed by atoms with Gasteiger partial charge in [0.2, 0.25) is 0 Å². The Bertz CT molecular complexity index is 675. The molecule has 0 saturated carbocycles. The monoisotopic (exact) mass is 598 g/mol. The minimum Gasteiger partial charge on any atom is -0.466 e. The first-order valence-electron chi connectivity index (χ1n) is 14.5. The molecular weight excluding hydrogens is 552 g/mol. The second-order valence-corrected chi connectivity index (χ2v) is 10.2. The largest absolute Gasteiger partial charge is 0.466 e. The SMILES string of the molecule is CCCCCCCCCCCCCCCCCOC(=O)CCCCC(=O)OCC(F)(F)C(F)(F)C(F)(F)C(F)F. The van der Waals surface area contributed by atoms with Crippen molar-refractivity contribution in [2.75, 3.05) is 13.2 Å². The van der Waals surface area contributed by atoms with E-state index in [4.69, 9.17) is 4.74 Å². The summed E-state index contributed by atoms with van der Waals surface area (Å²) in [4.78, 5) is 23.1. The van der Waals surface area contributed by atoms with E-state index in [1.807, 2.05) is 0 Å². The maximum Gasteiger partial charge on any atom is 0.381 e. The van der Waals surface area contributed by atoms with Gasteiger partial charge in [0.05, 0.1) is 6.61 Å². The molecule has 40 heavy (non-hydrogen) atoms. The molecule has 0 aliphatic heterocycles. The van der Waals surface area contributed by atoms with Gasteiger partial charge in [0.1, 0.15) is 0 Å². The van der Waals surface area contributed by atoms with Crippen molar-refractivity contribution in [2.45, 2.75) is 153 Å². The summed E-state index contributed by atoms with van der Waals surface area (Å²) in [5.74, 6) is -20.4. The maximum absolute atomic E-state index is 13.4. The van der Waals surface area contributed by atoms with Gasteiger partial charge in [0, 0.05) is 12.8 Å². The third-order valence-corrected chi connectivity index (χ3v) is 6.59. The number of carbonyl (C=O) groups excluding carboxylic acids is 2. The van der Waals surface area contributed by atoms with E-state index < -0.39 is 49.2 Å². The van der Waals surface area contributed by atoms with Crippen LogP contribution in [0.25, 0.3) is 0 Å². The summed E-state index contributed by atoms with van der Waals surface area (Å²) in [6.45, 7) is -0.00686. The van der Waals surface area contributed by atoms with Crippen molar-refractivity contribution < 1.29 is 54.2 Å². The van der Waals surface area contributed by atoms with E-state index >= 15 is 0 Å². The second-order valence-electron chi connectivity index (χ2n) is 10.2. The quantitative estimate of drug-likeness (QED) is 0.0565. The molecule has 0 rings (SSSR count). The lowest BCUT2D eigenvalue weighted by molar-refractivity contribution is -0.344. The Morgan fingerprint density at radius 1 is 0.575 bits per heavy atom. The van der Waals surface area contributed by atoms with Gasteiger partial charge in [0.25, 0.3) is 0 Å². The number of halogens is 8. The molecule has 0 bridgehead atoms. The van der Waals surface area contributed by atoms with Gasteiger partial charge in [-0.25, -0.2) is 8.78 Å². The van der Waals surface area contributed by atoms with E-state index in [0.29, 0.717) is 0 Å². The van der Waals surface area contributed by atoms with Gasteiger partial charge >= 0.3 is 36.1 Å². The smallest absolute Gasteiger partial charge is 0.381 e. The Balaban J connectivity index is 3.71. The molecule has 0 spiro atoms. The van der Waals surface area contributed by atoms with E-state index in [-0.39, 0.29) is 25.9 Å². The molecule has 0 aliphatic carbocycles. The molecular formula is C28H46F8O4. The van der Waals surface area contributed by atoms with Crippen molar-refractivity contribution in [2.24, 2.45) is 0 Å². The maximum atomic E-state index is 13.4. The van der Waals surface area contributed by atoms with Gasteiger partial charge in [-0.2, -0.15) is 26.3 Å². The molecule has 12 heteroatoms. The van der Waals surface area contributed by atoms with Crippen LogP contribution in [0.5, 0.6) is 0 Å². The Morgan fingerprint density at radius 2 is 0.950 bits per heavy atom. The van der Waals surface area contributed by atoms with Gasteiger partial charge in [-0.05, 0) is 19.3 Å². The van der Waals surface area contributed by atoms with E-state index in [2.05, 4.69) is 11.7 Å². The third-order valence-electron chi connectivity index (χ3n) is 6.59. The summed E-state index contributed by atoms with van der Waals surface area (Å²) in [6, 6.07) is 0. The highest BCUT2D eigenvalue weighted by molar-refractivity contribution is 5.70. The molecule has 0 atom stereocenters. The van der Waals surface area contributed by atoms with Crippen LogP contribution in [0.3, 0.4) is 0 Å². The van der Waals surface area contributed by atoms with Crippen LogP contribution in [0.2, 0.25) is 0 Å². The van der Waals surface area contributed by atoms with E-state index in [0.717, 1.165) is 25.7 Å². The molecule has 0 saturated heterocycles. The fourth-order valence-corrected chi connectivity index (χ4v) is 3.99. The van der Waals surface area contributed by atoms with Crippen molar-refractivity contribution in [3.8, 4) is 0 Å². The molecule has 0 aliphatic rings. The van der Waals surface area contributed by atoms with Gasteiger partial charge in [-0.1, -0.05) is 96.8 Å². The van der Waals surface area contributed by atoms with Crippen molar-refractivity contribution in [1.82, 2.24) is 0 Å². The number of esters is 2. The van der Waals surface area contributed by atoms with Gasteiger partial charge in [0.15, 0.2) is 6.61 Å². The number of carbonyl (C=O) groups is 2. The zero-order valence-electron chi connectivity index (χ0n) is 23.6. The highest BCUT2D eigenvalue weighted by Gasteiger charge is 2.75. The first kappa shape index (κ1) is 38.4.